The lowest BCUT2D eigenvalue weighted by Gasteiger charge is -2.43. The molecule has 0 amide bonds. The van der Waals surface area contributed by atoms with Crippen LogP contribution in [0.1, 0.15) is 41.4 Å². The van der Waals surface area contributed by atoms with Gasteiger partial charge < -0.3 is 5.11 Å². The molecule has 1 aliphatic carbocycles. The van der Waals surface area contributed by atoms with Crippen LogP contribution in [0.25, 0.3) is 0 Å². The molecule has 90 valence electrons. The third-order valence-electron chi connectivity index (χ3n) is 3.86. The Hall–Kier alpha value is 0.177. The van der Waals surface area contributed by atoms with Crippen LogP contribution in [0.4, 0.5) is 0 Å². The van der Waals surface area contributed by atoms with Crippen LogP contribution in [0.3, 0.4) is 0 Å². The zero-order chi connectivity index (χ0) is 12.8. The van der Waals surface area contributed by atoms with E-state index in [0.29, 0.717) is 5.92 Å². The van der Waals surface area contributed by atoms with Crippen LogP contribution in [-0.2, 0) is 0 Å². The van der Waals surface area contributed by atoms with Gasteiger partial charge in [0, 0.05) is 1.37 Å². The van der Waals surface area contributed by atoms with Crippen LogP contribution in [0.2, 0.25) is 25.2 Å². The first kappa shape index (κ1) is 11.7. The zero-order valence-electron chi connectivity index (χ0n) is 12.2. The average molecular weight is 229 g/mol. The predicted molar refractivity (Wildman–Crippen MR) is 69.9 cm³/mol. The van der Waals surface area contributed by atoms with Crippen LogP contribution in [0.5, 0.6) is 0 Å². The van der Waals surface area contributed by atoms with Gasteiger partial charge in [0.1, 0.15) is 0 Å². The normalized spacial score (nSPS) is 40.1. The summed E-state index contributed by atoms with van der Waals surface area (Å²) in [4.78, 5) is 0. The molecule has 1 N–H and O–H groups in total. The van der Waals surface area contributed by atoms with Gasteiger partial charge in [-0.3, -0.25) is 0 Å². The van der Waals surface area contributed by atoms with E-state index in [1.165, 1.54) is 0 Å². The molecule has 0 spiro atoms. The fourth-order valence-electron chi connectivity index (χ4n) is 2.69. The molecule has 0 bridgehead atoms. The van der Waals surface area contributed by atoms with Crippen molar-refractivity contribution in [1.82, 2.24) is 0 Å². The van der Waals surface area contributed by atoms with Crippen molar-refractivity contribution < 1.29 is 6.48 Å². The van der Waals surface area contributed by atoms with E-state index in [9.17, 15) is 5.11 Å². The highest BCUT2D eigenvalue weighted by molar-refractivity contribution is 6.77. The van der Waals surface area contributed by atoms with Crippen LogP contribution in [0, 0.1) is 11.3 Å². The van der Waals surface area contributed by atoms with E-state index >= 15 is 0 Å². The lowest BCUT2D eigenvalue weighted by molar-refractivity contribution is 0.0568. The molecule has 1 aliphatic rings. The van der Waals surface area contributed by atoms with E-state index in [2.05, 4.69) is 40.4 Å². The van der Waals surface area contributed by atoms with Crippen molar-refractivity contribution in [3.63, 3.8) is 0 Å². The molecule has 1 fully saturated rings. The van der Waals surface area contributed by atoms with E-state index in [1.54, 1.807) is 0 Å². The first-order valence-electron chi connectivity index (χ1n) is 6.66. The third kappa shape index (κ3) is 3.32. The Labute approximate surface area is 97.7 Å². The maximum absolute atomic E-state index is 10.3. The average Bonchev–Trinajstić information content (AvgIpc) is 2.05. The van der Waals surface area contributed by atoms with Crippen molar-refractivity contribution in [2.75, 3.05) is 0 Å². The van der Waals surface area contributed by atoms with Gasteiger partial charge in [-0.1, -0.05) is 46.8 Å². The van der Waals surface area contributed by atoms with Crippen molar-refractivity contribution >= 4 is 8.07 Å². The summed E-state index contributed by atoms with van der Waals surface area (Å²) in [6.07, 6.45) is 2.38. The highest BCUT2D eigenvalue weighted by atomic mass is 28.3. The van der Waals surface area contributed by atoms with Gasteiger partial charge in [0.05, 0.1) is 14.2 Å². The van der Waals surface area contributed by atoms with E-state index < -0.39 is 19.7 Å². The van der Waals surface area contributed by atoms with Gasteiger partial charge in [0.15, 0.2) is 0 Å². The van der Waals surface area contributed by atoms with Gasteiger partial charge in [-0.05, 0) is 29.7 Å². The molecular formula is C13H28OSi. The largest absolute Gasteiger partial charge is 0.393 e. The second kappa shape index (κ2) is 4.21. The van der Waals surface area contributed by atoms with E-state index in [0.717, 1.165) is 19.3 Å². The third-order valence-corrected chi connectivity index (χ3v) is 6.37. The molecule has 15 heavy (non-hydrogen) atoms. The lowest BCUT2D eigenvalue weighted by atomic mass is 9.71. The summed E-state index contributed by atoms with van der Waals surface area (Å²) >= 11 is 0. The van der Waals surface area contributed by atoms with Crippen molar-refractivity contribution in [3.8, 4) is 0 Å². The molecular weight excluding hydrogens is 200 g/mol. The number of hydrogen-bond acceptors (Lipinski definition) is 1. The first-order valence-corrected chi connectivity index (χ1v) is 9.66. The first-order chi connectivity index (χ1) is 6.98. The molecule has 0 aromatic heterocycles. The summed E-state index contributed by atoms with van der Waals surface area (Å²) in [5.41, 5.74) is -0.267. The molecule has 1 rings (SSSR count). The van der Waals surface area contributed by atoms with E-state index in [1.807, 2.05) is 0 Å². The van der Waals surface area contributed by atoms with Crippen molar-refractivity contribution in [3.05, 3.63) is 0 Å². The number of rotatable bonds is 1. The molecule has 0 saturated heterocycles. The minimum absolute atomic E-state index is 0.266. The molecule has 2 heteroatoms. The van der Waals surface area contributed by atoms with Crippen molar-refractivity contribution in [2.24, 2.45) is 11.3 Å². The topological polar surface area (TPSA) is 20.2 Å². The second-order valence-electron chi connectivity index (χ2n) is 7.13. The van der Waals surface area contributed by atoms with Gasteiger partial charge in [-0.15, -0.1) is 0 Å². The monoisotopic (exact) mass is 229 g/mol. The summed E-state index contributed by atoms with van der Waals surface area (Å²) in [5.74, 6) is 0.567. The van der Waals surface area contributed by atoms with Crippen LogP contribution in [0.15, 0.2) is 0 Å². The highest BCUT2D eigenvalue weighted by Crippen LogP contribution is 2.45. The number of aliphatic hydroxyl groups is 1. The fourth-order valence-corrected chi connectivity index (χ4v) is 4.70. The standard InChI is InChI=1S/C13H28OSi/c1-13(2,3)10-7-8-12(11(14)9-10)15(4,5)6/h10-12,14H,7-9H2,1-6H3/t10-,11+,12-/m0/s1/i12D. The van der Waals surface area contributed by atoms with E-state index in [-0.39, 0.29) is 5.41 Å². The minimum Gasteiger partial charge on any atom is -0.393 e. The molecule has 0 unspecified atom stereocenters. The molecule has 0 aliphatic heterocycles. The summed E-state index contributed by atoms with van der Waals surface area (Å²) in [6, 6.07) is 0. The Kier molecular flexibility index (Phi) is 3.27. The Morgan fingerprint density at radius 2 is 1.73 bits per heavy atom. The van der Waals surface area contributed by atoms with Gasteiger partial charge in [-0.2, -0.15) is 0 Å². The Balaban J connectivity index is 2.81. The fraction of sp³-hybridized carbons (Fsp3) is 1.00. The molecule has 0 aromatic carbocycles. The summed E-state index contributed by atoms with van der Waals surface area (Å²) in [5, 5.41) is 10.3. The summed E-state index contributed by atoms with van der Waals surface area (Å²) in [6.45, 7) is 13.4. The molecule has 1 nitrogen and oxygen atoms in total. The molecule has 0 aromatic rings. The minimum atomic E-state index is -1.62. The Morgan fingerprint density at radius 3 is 2.07 bits per heavy atom. The van der Waals surface area contributed by atoms with Crippen LogP contribution < -0.4 is 0 Å². The van der Waals surface area contributed by atoms with Crippen molar-refractivity contribution in [2.45, 2.75) is 71.3 Å². The van der Waals surface area contributed by atoms with Crippen molar-refractivity contribution in [1.29, 1.82) is 0 Å². The Bertz CT molecular complexity index is 254. The second-order valence-corrected chi connectivity index (χ2v) is 12.3. The molecule has 0 heterocycles. The van der Waals surface area contributed by atoms with Gasteiger partial charge in [0.2, 0.25) is 0 Å². The van der Waals surface area contributed by atoms with Gasteiger partial charge >= 0.3 is 0 Å². The van der Waals surface area contributed by atoms with Crippen LogP contribution in [-0.4, -0.2) is 19.3 Å². The van der Waals surface area contributed by atoms with Gasteiger partial charge in [-0.25, -0.2) is 0 Å². The molecule has 1 saturated carbocycles. The zero-order valence-corrected chi connectivity index (χ0v) is 12.2. The quantitative estimate of drug-likeness (QED) is 0.676. The lowest BCUT2D eigenvalue weighted by Crippen LogP contribution is -2.42. The summed E-state index contributed by atoms with van der Waals surface area (Å²) in [7, 11) is -1.62. The summed E-state index contributed by atoms with van der Waals surface area (Å²) < 4.78 is 8.58. The SMILES string of the molecule is [2H][C@]1([Si](C)(C)C)CC[C@H](C(C)(C)C)C[C@H]1O. The number of aliphatic hydroxyl groups excluding tert-OH is 1. The maximum Gasteiger partial charge on any atom is 0.0547 e. The van der Waals surface area contributed by atoms with Gasteiger partial charge in [0.25, 0.3) is 0 Å². The Morgan fingerprint density at radius 1 is 1.20 bits per heavy atom. The highest BCUT2D eigenvalue weighted by Gasteiger charge is 2.40. The van der Waals surface area contributed by atoms with Crippen LogP contribution >= 0.6 is 0 Å². The number of hydrogen-bond donors (Lipinski definition) is 1. The molecule has 3 atom stereocenters. The maximum atomic E-state index is 10.3. The smallest absolute Gasteiger partial charge is 0.0547 e. The van der Waals surface area contributed by atoms with E-state index in [4.69, 9.17) is 1.37 Å². The predicted octanol–water partition coefficient (Wildman–Crippen LogP) is 3.90. The molecule has 0 radical (unpaired) electrons.